The summed E-state index contributed by atoms with van der Waals surface area (Å²) >= 11 is 7.54. The highest BCUT2D eigenvalue weighted by Crippen LogP contribution is 2.32. The Morgan fingerprint density at radius 3 is 2.80 bits per heavy atom. The van der Waals surface area contributed by atoms with E-state index in [0.717, 1.165) is 17.2 Å². The molecule has 0 bridgehead atoms. The molecule has 0 saturated carbocycles. The average Bonchev–Trinajstić information content (AvgIpc) is 2.17. The van der Waals surface area contributed by atoms with Gasteiger partial charge in [0.15, 0.2) is 10.9 Å². The summed E-state index contributed by atoms with van der Waals surface area (Å²) < 4.78 is 5.16. The van der Waals surface area contributed by atoms with E-state index in [9.17, 15) is 0 Å². The lowest BCUT2D eigenvalue weighted by atomic mass is 10.2. The van der Waals surface area contributed by atoms with E-state index in [4.69, 9.17) is 16.3 Å². The van der Waals surface area contributed by atoms with Crippen LogP contribution in [0.1, 0.15) is 20.3 Å². The first-order chi connectivity index (χ1) is 7.15. The number of rotatable bonds is 5. The molecule has 0 saturated heterocycles. The maximum Gasteiger partial charge on any atom is 0.188 e. The summed E-state index contributed by atoms with van der Waals surface area (Å²) in [4.78, 5) is 8.02. The minimum atomic E-state index is 0.375. The van der Waals surface area contributed by atoms with E-state index >= 15 is 0 Å². The largest absolute Gasteiger partial charge is 0.491 e. The Morgan fingerprint density at radius 1 is 1.47 bits per heavy atom. The van der Waals surface area contributed by atoms with E-state index in [1.807, 2.05) is 0 Å². The minimum absolute atomic E-state index is 0.375. The molecule has 1 rings (SSSR count). The fraction of sp³-hybridized carbons (Fsp3) is 0.600. The maximum absolute atomic E-state index is 5.88. The van der Waals surface area contributed by atoms with E-state index in [1.165, 1.54) is 6.33 Å². The van der Waals surface area contributed by atoms with Crippen LogP contribution in [-0.4, -0.2) is 22.8 Å². The number of methoxy groups -OCH3 is 1. The van der Waals surface area contributed by atoms with Gasteiger partial charge in [-0.3, -0.25) is 0 Å². The van der Waals surface area contributed by atoms with E-state index in [0.29, 0.717) is 16.8 Å². The van der Waals surface area contributed by atoms with Gasteiger partial charge in [-0.1, -0.05) is 25.4 Å². The number of halogens is 1. The first-order valence-electron chi connectivity index (χ1n) is 4.82. The van der Waals surface area contributed by atoms with Crippen molar-refractivity contribution in [2.24, 2.45) is 5.92 Å². The van der Waals surface area contributed by atoms with E-state index in [1.54, 1.807) is 18.9 Å². The SMILES string of the molecule is COc1c(Cl)ncnc1SCCC(C)C. The highest BCUT2D eigenvalue weighted by Gasteiger charge is 2.10. The molecular weight excluding hydrogens is 232 g/mol. The highest BCUT2D eigenvalue weighted by molar-refractivity contribution is 7.99. The number of thioether (sulfide) groups is 1. The van der Waals surface area contributed by atoms with Gasteiger partial charge < -0.3 is 4.74 Å². The van der Waals surface area contributed by atoms with Crippen molar-refractivity contribution in [3.63, 3.8) is 0 Å². The van der Waals surface area contributed by atoms with Gasteiger partial charge in [-0.25, -0.2) is 9.97 Å². The van der Waals surface area contributed by atoms with Crippen molar-refractivity contribution < 1.29 is 4.74 Å². The molecule has 0 spiro atoms. The molecule has 5 heteroatoms. The highest BCUT2D eigenvalue weighted by atomic mass is 35.5. The Morgan fingerprint density at radius 2 is 2.20 bits per heavy atom. The number of hydrogen-bond acceptors (Lipinski definition) is 4. The number of ether oxygens (including phenoxy) is 1. The molecule has 0 aliphatic rings. The van der Waals surface area contributed by atoms with Crippen LogP contribution in [0.2, 0.25) is 5.15 Å². The molecule has 1 heterocycles. The van der Waals surface area contributed by atoms with Gasteiger partial charge >= 0.3 is 0 Å². The first kappa shape index (κ1) is 12.6. The molecule has 1 aromatic rings. The van der Waals surface area contributed by atoms with Crippen molar-refractivity contribution in [1.29, 1.82) is 0 Å². The Labute approximate surface area is 99.6 Å². The second-order valence-corrected chi connectivity index (χ2v) is 4.98. The summed E-state index contributed by atoms with van der Waals surface area (Å²) in [5.41, 5.74) is 0. The molecule has 0 unspecified atom stereocenters. The molecule has 84 valence electrons. The van der Waals surface area contributed by atoms with Gasteiger partial charge in [0.1, 0.15) is 11.4 Å². The molecule has 0 aromatic carbocycles. The van der Waals surface area contributed by atoms with E-state index < -0.39 is 0 Å². The topological polar surface area (TPSA) is 35.0 Å². The van der Waals surface area contributed by atoms with Crippen LogP contribution in [0.5, 0.6) is 5.75 Å². The van der Waals surface area contributed by atoms with Gasteiger partial charge in [-0.2, -0.15) is 0 Å². The van der Waals surface area contributed by atoms with Crippen LogP contribution in [0.3, 0.4) is 0 Å². The summed E-state index contributed by atoms with van der Waals surface area (Å²) in [6, 6.07) is 0. The zero-order valence-electron chi connectivity index (χ0n) is 9.16. The summed E-state index contributed by atoms with van der Waals surface area (Å²) in [5.74, 6) is 2.29. The smallest absolute Gasteiger partial charge is 0.188 e. The van der Waals surface area contributed by atoms with E-state index in [2.05, 4.69) is 23.8 Å². The van der Waals surface area contributed by atoms with Crippen molar-refractivity contribution in [2.75, 3.05) is 12.9 Å². The van der Waals surface area contributed by atoms with Crippen molar-refractivity contribution in [3.05, 3.63) is 11.5 Å². The van der Waals surface area contributed by atoms with Gasteiger partial charge in [0.2, 0.25) is 0 Å². The average molecular weight is 247 g/mol. The Balaban J connectivity index is 2.64. The van der Waals surface area contributed by atoms with Crippen molar-refractivity contribution >= 4 is 23.4 Å². The molecule has 0 aliphatic carbocycles. The summed E-state index contributed by atoms with van der Waals surface area (Å²) in [6.07, 6.45) is 2.61. The van der Waals surface area contributed by atoms with Gasteiger partial charge in [-0.05, 0) is 18.1 Å². The monoisotopic (exact) mass is 246 g/mol. The third-order valence-electron chi connectivity index (χ3n) is 1.87. The molecule has 0 fully saturated rings. The predicted octanol–water partition coefficient (Wildman–Crippen LogP) is 3.28. The van der Waals surface area contributed by atoms with Crippen LogP contribution in [0.15, 0.2) is 11.4 Å². The Hall–Kier alpha value is -0.480. The maximum atomic E-state index is 5.88. The van der Waals surface area contributed by atoms with Crippen molar-refractivity contribution in [2.45, 2.75) is 25.3 Å². The van der Waals surface area contributed by atoms with Crippen LogP contribution >= 0.6 is 23.4 Å². The number of aromatic nitrogens is 2. The molecule has 0 N–H and O–H groups in total. The third kappa shape index (κ3) is 3.87. The van der Waals surface area contributed by atoms with Crippen LogP contribution in [0.4, 0.5) is 0 Å². The van der Waals surface area contributed by atoms with Crippen molar-refractivity contribution in [1.82, 2.24) is 9.97 Å². The molecular formula is C10H15ClN2OS. The Kier molecular flexibility index (Phi) is 5.19. The lowest BCUT2D eigenvalue weighted by Gasteiger charge is -2.08. The normalized spacial score (nSPS) is 10.7. The standard InChI is InChI=1S/C10H15ClN2OS/c1-7(2)4-5-15-10-8(14-3)9(11)12-6-13-10/h6-7H,4-5H2,1-3H3. The van der Waals surface area contributed by atoms with Gasteiger partial charge in [0.05, 0.1) is 7.11 Å². The van der Waals surface area contributed by atoms with Gasteiger partial charge in [0.25, 0.3) is 0 Å². The number of hydrogen-bond donors (Lipinski definition) is 0. The van der Waals surface area contributed by atoms with Crippen molar-refractivity contribution in [3.8, 4) is 5.75 Å². The van der Waals surface area contributed by atoms with Crippen LogP contribution in [0.25, 0.3) is 0 Å². The van der Waals surface area contributed by atoms with Gasteiger partial charge in [0, 0.05) is 0 Å². The second-order valence-electron chi connectivity index (χ2n) is 3.53. The summed E-state index contributed by atoms with van der Waals surface area (Å²) in [5, 5.41) is 1.19. The van der Waals surface area contributed by atoms with Crippen LogP contribution < -0.4 is 4.74 Å². The quantitative estimate of drug-likeness (QED) is 0.590. The molecule has 1 aromatic heterocycles. The zero-order valence-corrected chi connectivity index (χ0v) is 10.7. The minimum Gasteiger partial charge on any atom is -0.491 e. The molecule has 3 nitrogen and oxygen atoms in total. The fourth-order valence-electron chi connectivity index (χ4n) is 1.00. The lowest BCUT2D eigenvalue weighted by Crippen LogP contribution is -1.95. The second kappa shape index (κ2) is 6.18. The predicted molar refractivity (Wildman–Crippen MR) is 63.8 cm³/mol. The van der Waals surface area contributed by atoms with Gasteiger partial charge in [-0.15, -0.1) is 11.8 Å². The Bertz CT molecular complexity index is 320. The molecule has 0 aliphatic heterocycles. The van der Waals surface area contributed by atoms with Crippen LogP contribution in [0, 0.1) is 5.92 Å². The first-order valence-corrected chi connectivity index (χ1v) is 6.18. The number of nitrogens with zero attached hydrogens (tertiary/aromatic N) is 2. The zero-order chi connectivity index (χ0) is 11.3. The fourth-order valence-corrected chi connectivity index (χ4v) is 2.48. The molecule has 0 atom stereocenters. The molecule has 0 radical (unpaired) electrons. The molecule has 15 heavy (non-hydrogen) atoms. The lowest BCUT2D eigenvalue weighted by molar-refractivity contribution is 0.398. The summed E-state index contributed by atoms with van der Waals surface area (Å²) in [6.45, 7) is 4.40. The third-order valence-corrected chi connectivity index (χ3v) is 3.14. The van der Waals surface area contributed by atoms with E-state index in [-0.39, 0.29) is 0 Å². The summed E-state index contributed by atoms with van der Waals surface area (Å²) in [7, 11) is 1.58. The van der Waals surface area contributed by atoms with Crippen LogP contribution in [-0.2, 0) is 0 Å². The molecule has 0 amide bonds.